The summed E-state index contributed by atoms with van der Waals surface area (Å²) in [5.41, 5.74) is 1.44. The van der Waals surface area contributed by atoms with Gasteiger partial charge in [-0.25, -0.2) is 0 Å². The molecule has 2 rings (SSSR count). The van der Waals surface area contributed by atoms with Gasteiger partial charge >= 0.3 is 5.97 Å². The van der Waals surface area contributed by atoms with E-state index in [9.17, 15) is 4.79 Å². The highest BCUT2D eigenvalue weighted by atomic mass is 32.1. The second-order valence-corrected chi connectivity index (χ2v) is 7.59. The summed E-state index contributed by atoms with van der Waals surface area (Å²) in [6.07, 6.45) is 13.5. The molecule has 2 aromatic rings. The first kappa shape index (κ1) is 19.5. The summed E-state index contributed by atoms with van der Waals surface area (Å²) in [4.78, 5) is 13.2. The molecule has 0 saturated heterocycles. The zero-order valence-corrected chi connectivity index (χ0v) is 15.6. The van der Waals surface area contributed by atoms with E-state index < -0.39 is 5.97 Å². The molecule has 3 heteroatoms. The van der Waals surface area contributed by atoms with Crippen LogP contribution in [0.2, 0.25) is 0 Å². The molecule has 1 aromatic heterocycles. The van der Waals surface area contributed by atoms with E-state index in [0.717, 1.165) is 6.42 Å². The van der Waals surface area contributed by atoms with Crippen LogP contribution in [0.25, 0.3) is 6.08 Å². The predicted octanol–water partition coefficient (Wildman–Crippen LogP) is 6.36. The van der Waals surface area contributed by atoms with Crippen molar-refractivity contribution in [2.24, 2.45) is 0 Å². The number of hydrogen-bond acceptors (Lipinski definition) is 2. The Hall–Kier alpha value is -1.87. The molecule has 1 heterocycles. The van der Waals surface area contributed by atoms with Crippen molar-refractivity contribution in [3.8, 4) is 0 Å². The van der Waals surface area contributed by atoms with Gasteiger partial charge in [-0.15, -0.1) is 11.3 Å². The fourth-order valence-corrected chi connectivity index (χ4v) is 3.80. The third-order valence-electron chi connectivity index (χ3n) is 4.21. The van der Waals surface area contributed by atoms with E-state index in [1.807, 2.05) is 11.3 Å². The Bertz CT molecular complexity index is 643. The van der Waals surface area contributed by atoms with Gasteiger partial charge in [0.05, 0.1) is 0 Å². The molecule has 0 fully saturated rings. The van der Waals surface area contributed by atoms with E-state index in [4.69, 9.17) is 5.11 Å². The van der Waals surface area contributed by atoms with Crippen LogP contribution in [0, 0.1) is 0 Å². The Balaban J connectivity index is 1.55. The van der Waals surface area contributed by atoms with Crippen molar-refractivity contribution < 1.29 is 9.90 Å². The highest BCUT2D eigenvalue weighted by Crippen LogP contribution is 2.21. The molecule has 0 spiro atoms. The van der Waals surface area contributed by atoms with Crippen molar-refractivity contribution in [1.82, 2.24) is 0 Å². The summed E-state index contributed by atoms with van der Waals surface area (Å²) in [5.74, 6) is -0.712. The minimum Gasteiger partial charge on any atom is -0.481 e. The number of aliphatic carboxylic acids is 1. The van der Waals surface area contributed by atoms with Crippen molar-refractivity contribution in [3.63, 3.8) is 0 Å². The average molecular weight is 357 g/mol. The number of aryl methyl sites for hydroxylation is 2. The Kier molecular flexibility index (Phi) is 9.06. The topological polar surface area (TPSA) is 37.3 Å². The molecule has 0 radical (unpaired) electrons. The fourth-order valence-electron chi connectivity index (χ4n) is 2.82. The summed E-state index contributed by atoms with van der Waals surface area (Å²) >= 11 is 1.85. The molecule has 0 amide bonds. The molecule has 134 valence electrons. The maximum atomic E-state index is 10.5. The number of carbonyl (C=O) groups is 1. The van der Waals surface area contributed by atoms with Crippen LogP contribution in [0.3, 0.4) is 0 Å². The Labute approximate surface area is 155 Å². The van der Waals surface area contributed by atoms with Gasteiger partial charge in [0, 0.05) is 16.2 Å². The lowest BCUT2D eigenvalue weighted by atomic mass is 10.1. The summed E-state index contributed by atoms with van der Waals surface area (Å²) in [5, 5.41) is 8.61. The summed E-state index contributed by atoms with van der Waals surface area (Å²) < 4.78 is 0. The molecule has 0 aliphatic rings. The lowest BCUT2D eigenvalue weighted by molar-refractivity contribution is -0.137. The van der Waals surface area contributed by atoms with Gasteiger partial charge in [0.25, 0.3) is 0 Å². The largest absolute Gasteiger partial charge is 0.481 e. The van der Waals surface area contributed by atoms with Gasteiger partial charge in [-0.3, -0.25) is 4.79 Å². The molecule has 0 atom stereocenters. The molecule has 2 nitrogen and oxygen atoms in total. The Morgan fingerprint density at radius 1 is 0.920 bits per heavy atom. The van der Waals surface area contributed by atoms with Crippen molar-refractivity contribution in [1.29, 1.82) is 0 Å². The number of thiophene rings is 1. The maximum Gasteiger partial charge on any atom is 0.303 e. The second kappa shape index (κ2) is 11.6. The van der Waals surface area contributed by atoms with E-state index in [1.54, 1.807) is 0 Å². The minimum atomic E-state index is -0.712. The molecule has 25 heavy (non-hydrogen) atoms. The van der Waals surface area contributed by atoms with E-state index in [0.29, 0.717) is 6.42 Å². The first-order chi connectivity index (χ1) is 12.2. The third-order valence-corrected chi connectivity index (χ3v) is 5.32. The van der Waals surface area contributed by atoms with E-state index in [-0.39, 0.29) is 6.42 Å². The smallest absolute Gasteiger partial charge is 0.303 e. The van der Waals surface area contributed by atoms with Crippen LogP contribution in [-0.4, -0.2) is 11.1 Å². The highest BCUT2D eigenvalue weighted by molar-refractivity contribution is 7.12. The van der Waals surface area contributed by atoms with Gasteiger partial charge in [-0.1, -0.05) is 49.2 Å². The number of carboxylic acid groups (broad SMARTS) is 1. The fraction of sp³-hybridized carbons (Fsp3) is 0.409. The normalized spacial score (nSPS) is 11.2. The summed E-state index contributed by atoms with van der Waals surface area (Å²) in [6, 6.07) is 15.1. The number of hydrogen-bond donors (Lipinski definition) is 1. The van der Waals surface area contributed by atoms with Crippen LogP contribution in [0.15, 0.2) is 48.5 Å². The molecule has 0 saturated carbocycles. The van der Waals surface area contributed by atoms with Gasteiger partial charge in [0.2, 0.25) is 0 Å². The summed E-state index contributed by atoms with van der Waals surface area (Å²) in [6.45, 7) is 0. The van der Waals surface area contributed by atoms with Gasteiger partial charge in [-0.05, 0) is 62.3 Å². The first-order valence-corrected chi connectivity index (χ1v) is 10.1. The molecular weight excluding hydrogens is 328 g/mol. The van der Waals surface area contributed by atoms with Crippen LogP contribution in [0.5, 0.6) is 0 Å². The highest BCUT2D eigenvalue weighted by Gasteiger charge is 1.99. The van der Waals surface area contributed by atoms with Gasteiger partial charge in [0.1, 0.15) is 0 Å². The van der Waals surface area contributed by atoms with Gasteiger partial charge in [-0.2, -0.15) is 0 Å². The minimum absolute atomic E-state index is 0.254. The molecule has 0 aliphatic carbocycles. The van der Waals surface area contributed by atoms with Crippen LogP contribution >= 0.6 is 11.3 Å². The quantitative estimate of drug-likeness (QED) is 0.449. The molecule has 0 bridgehead atoms. The van der Waals surface area contributed by atoms with Gasteiger partial charge < -0.3 is 5.11 Å². The lowest BCUT2D eigenvalue weighted by Gasteiger charge is -2.01. The van der Waals surface area contributed by atoms with Gasteiger partial charge in [0.15, 0.2) is 0 Å². The SMILES string of the molecule is O=C(O)CCC/C=C/c1ccc(CCCCCCc2ccccc2)s1. The molecule has 0 aliphatic heterocycles. The number of allylic oxidation sites excluding steroid dienone is 1. The Morgan fingerprint density at radius 3 is 2.44 bits per heavy atom. The lowest BCUT2D eigenvalue weighted by Crippen LogP contribution is -1.92. The monoisotopic (exact) mass is 356 g/mol. The van der Waals surface area contributed by atoms with Crippen LogP contribution < -0.4 is 0 Å². The average Bonchev–Trinajstić information content (AvgIpc) is 3.06. The van der Waals surface area contributed by atoms with E-state index in [2.05, 4.69) is 54.6 Å². The number of carboxylic acids is 1. The number of benzene rings is 1. The predicted molar refractivity (Wildman–Crippen MR) is 107 cm³/mol. The third kappa shape index (κ3) is 8.69. The zero-order valence-electron chi connectivity index (χ0n) is 14.8. The Morgan fingerprint density at radius 2 is 1.68 bits per heavy atom. The second-order valence-electron chi connectivity index (χ2n) is 6.39. The van der Waals surface area contributed by atoms with Crippen molar-refractivity contribution in [2.45, 2.75) is 57.8 Å². The number of rotatable bonds is 12. The number of unbranched alkanes of at least 4 members (excludes halogenated alkanes) is 4. The van der Waals surface area contributed by atoms with Crippen LogP contribution in [0.4, 0.5) is 0 Å². The van der Waals surface area contributed by atoms with E-state index in [1.165, 1.54) is 53.8 Å². The summed E-state index contributed by atoms with van der Waals surface area (Å²) in [7, 11) is 0. The van der Waals surface area contributed by atoms with Crippen LogP contribution in [-0.2, 0) is 17.6 Å². The van der Waals surface area contributed by atoms with Crippen molar-refractivity contribution in [3.05, 3.63) is 63.9 Å². The molecule has 1 N–H and O–H groups in total. The molecule has 0 unspecified atom stereocenters. The van der Waals surface area contributed by atoms with Crippen LogP contribution in [0.1, 0.15) is 60.3 Å². The standard InChI is InChI=1S/C22H28O2S/c23-22(24)16-10-4-9-15-21-18-17-20(25-21)14-8-2-1-5-11-19-12-6-3-7-13-19/h3,6-7,9,12-13,15,17-18H,1-2,4-5,8,10-11,14,16H2,(H,23,24)/b15-9+. The van der Waals surface area contributed by atoms with Crippen molar-refractivity contribution in [2.75, 3.05) is 0 Å². The van der Waals surface area contributed by atoms with E-state index >= 15 is 0 Å². The first-order valence-electron chi connectivity index (χ1n) is 9.25. The molecule has 1 aromatic carbocycles. The van der Waals surface area contributed by atoms with Crippen molar-refractivity contribution >= 4 is 23.4 Å². The maximum absolute atomic E-state index is 10.5. The zero-order chi connectivity index (χ0) is 17.7. The molecular formula is C22H28O2S.